The average Bonchev–Trinajstić information content (AvgIpc) is 3.10. The molecule has 0 aliphatic carbocycles. The first-order chi connectivity index (χ1) is 14.3. The van der Waals surface area contributed by atoms with Gasteiger partial charge in [0.1, 0.15) is 22.8 Å². The summed E-state index contributed by atoms with van der Waals surface area (Å²) in [7, 11) is 2.00. The molecule has 30 heavy (non-hydrogen) atoms. The van der Waals surface area contributed by atoms with E-state index in [0.29, 0.717) is 30.0 Å². The van der Waals surface area contributed by atoms with Crippen LogP contribution in [0.1, 0.15) is 23.0 Å². The molecule has 0 saturated carbocycles. The monoisotopic (exact) mass is 433 g/mol. The van der Waals surface area contributed by atoms with Crippen molar-refractivity contribution in [3.8, 4) is 0 Å². The number of ether oxygens (including phenoxy) is 1. The maximum absolute atomic E-state index is 15.0. The Labute approximate surface area is 174 Å². The molecule has 0 amide bonds. The summed E-state index contributed by atoms with van der Waals surface area (Å²) >= 11 is 1.07. The zero-order valence-electron chi connectivity index (χ0n) is 16.5. The van der Waals surface area contributed by atoms with Crippen molar-refractivity contribution < 1.29 is 23.8 Å². The van der Waals surface area contributed by atoms with Crippen molar-refractivity contribution >= 4 is 44.7 Å². The van der Waals surface area contributed by atoms with Crippen molar-refractivity contribution in [3.05, 3.63) is 44.8 Å². The number of carboxylic acid groups (broad SMARTS) is 1. The van der Waals surface area contributed by atoms with E-state index in [-0.39, 0.29) is 16.8 Å². The Bertz CT molecular complexity index is 1230. The molecule has 3 aromatic rings. The van der Waals surface area contributed by atoms with Gasteiger partial charge in [0.15, 0.2) is 0 Å². The van der Waals surface area contributed by atoms with Crippen molar-refractivity contribution in [2.45, 2.75) is 13.5 Å². The van der Waals surface area contributed by atoms with Crippen molar-refractivity contribution in [1.29, 1.82) is 0 Å². The molecule has 0 unspecified atom stereocenters. The highest BCUT2D eigenvalue weighted by Gasteiger charge is 2.24. The van der Waals surface area contributed by atoms with Gasteiger partial charge in [-0.15, -0.1) is 11.3 Å². The quantitative estimate of drug-likeness (QED) is 0.631. The number of anilines is 1. The maximum Gasteiger partial charge on any atom is 0.342 e. The van der Waals surface area contributed by atoms with Gasteiger partial charge in [-0.2, -0.15) is 0 Å². The molecule has 2 aromatic heterocycles. The number of pyridine rings is 1. The Hall–Kier alpha value is -2.98. The number of aromatic carboxylic acids is 1. The minimum Gasteiger partial charge on any atom is -0.477 e. The molecule has 1 fully saturated rings. The third kappa shape index (κ3) is 3.41. The molecule has 10 heteroatoms. The Morgan fingerprint density at radius 3 is 2.57 bits per heavy atom. The van der Waals surface area contributed by atoms with E-state index in [1.807, 2.05) is 11.9 Å². The van der Waals surface area contributed by atoms with Crippen LogP contribution in [-0.4, -0.2) is 59.6 Å². The topological polar surface area (TPSA) is 91.6 Å². The van der Waals surface area contributed by atoms with Gasteiger partial charge >= 0.3 is 11.9 Å². The Morgan fingerprint density at radius 1 is 1.23 bits per heavy atom. The van der Waals surface area contributed by atoms with E-state index in [0.717, 1.165) is 30.5 Å². The highest BCUT2D eigenvalue weighted by atomic mass is 32.1. The highest BCUT2D eigenvalue weighted by Crippen LogP contribution is 2.30. The van der Waals surface area contributed by atoms with Gasteiger partial charge in [0.2, 0.25) is 5.43 Å². The molecular weight excluding hydrogens is 413 g/mol. The van der Waals surface area contributed by atoms with Crippen LogP contribution < -0.4 is 10.3 Å². The minimum absolute atomic E-state index is 0.0252. The van der Waals surface area contributed by atoms with Crippen molar-refractivity contribution in [3.63, 3.8) is 0 Å². The molecule has 158 valence electrons. The number of thiazole rings is 1. The summed E-state index contributed by atoms with van der Waals surface area (Å²) in [6.07, 6.45) is 0. The zero-order valence-corrected chi connectivity index (χ0v) is 17.3. The fourth-order valence-electron chi connectivity index (χ4n) is 3.70. The van der Waals surface area contributed by atoms with Gasteiger partial charge in [0.25, 0.3) is 0 Å². The number of esters is 1. The lowest BCUT2D eigenvalue weighted by Gasteiger charge is -2.34. The number of carbonyl (C=O) groups excluding carboxylic acids is 1. The summed E-state index contributed by atoms with van der Waals surface area (Å²) in [5.41, 5.74) is 0.0967. The predicted molar refractivity (Wildman–Crippen MR) is 111 cm³/mol. The molecule has 4 rings (SSSR count). The first-order valence-electron chi connectivity index (χ1n) is 9.36. The summed E-state index contributed by atoms with van der Waals surface area (Å²) < 4.78 is 21.6. The molecule has 1 aliphatic rings. The highest BCUT2D eigenvalue weighted by molar-refractivity contribution is 7.16. The number of carboxylic acids is 1. The zero-order chi connectivity index (χ0) is 21.6. The number of halogens is 1. The van der Waals surface area contributed by atoms with E-state index in [9.17, 15) is 23.9 Å². The number of carbonyl (C=O) groups is 2. The SMILES string of the molecule is CC(=O)OCc1csc2c(C(=O)O)c(=O)c3cc(F)c(N4CCN(C)CC4)cc3n12. The first-order valence-corrected chi connectivity index (χ1v) is 10.2. The summed E-state index contributed by atoms with van der Waals surface area (Å²) in [6, 6.07) is 2.69. The number of rotatable bonds is 4. The summed E-state index contributed by atoms with van der Waals surface area (Å²) in [6.45, 7) is 4.01. The second kappa shape index (κ2) is 7.69. The van der Waals surface area contributed by atoms with Crippen LogP contribution in [0.25, 0.3) is 15.7 Å². The second-order valence-electron chi connectivity index (χ2n) is 7.27. The Morgan fingerprint density at radius 2 is 1.93 bits per heavy atom. The Balaban J connectivity index is 1.99. The van der Waals surface area contributed by atoms with Crippen LogP contribution in [0.2, 0.25) is 0 Å². The van der Waals surface area contributed by atoms with Crippen molar-refractivity contribution in [2.24, 2.45) is 0 Å². The van der Waals surface area contributed by atoms with Crippen LogP contribution in [0.3, 0.4) is 0 Å². The molecule has 3 heterocycles. The van der Waals surface area contributed by atoms with E-state index in [1.54, 1.807) is 15.8 Å². The van der Waals surface area contributed by atoms with E-state index in [4.69, 9.17) is 4.74 Å². The third-order valence-corrected chi connectivity index (χ3v) is 6.27. The van der Waals surface area contributed by atoms with E-state index in [1.165, 1.54) is 6.92 Å². The second-order valence-corrected chi connectivity index (χ2v) is 8.13. The van der Waals surface area contributed by atoms with Gasteiger partial charge in [-0.25, -0.2) is 9.18 Å². The van der Waals surface area contributed by atoms with Gasteiger partial charge in [-0.3, -0.25) is 14.0 Å². The molecule has 1 saturated heterocycles. The van der Waals surface area contributed by atoms with Gasteiger partial charge < -0.3 is 19.6 Å². The fraction of sp³-hybridized carbons (Fsp3) is 0.350. The number of nitrogens with zero attached hydrogens (tertiary/aromatic N) is 3. The summed E-state index contributed by atoms with van der Waals surface area (Å²) in [5, 5.41) is 11.2. The van der Waals surface area contributed by atoms with Crippen LogP contribution in [0.5, 0.6) is 0 Å². The van der Waals surface area contributed by atoms with Crippen LogP contribution in [0.15, 0.2) is 22.3 Å². The van der Waals surface area contributed by atoms with Gasteiger partial charge in [-0.05, 0) is 19.2 Å². The van der Waals surface area contributed by atoms with Gasteiger partial charge in [0.05, 0.1) is 22.3 Å². The fourth-order valence-corrected chi connectivity index (χ4v) is 4.74. The molecule has 8 nitrogen and oxygen atoms in total. The normalized spacial score (nSPS) is 15.1. The van der Waals surface area contributed by atoms with Crippen LogP contribution in [0.4, 0.5) is 10.1 Å². The lowest BCUT2D eigenvalue weighted by atomic mass is 10.1. The van der Waals surface area contributed by atoms with E-state index >= 15 is 0 Å². The Kier molecular flexibility index (Phi) is 5.20. The maximum atomic E-state index is 15.0. The largest absolute Gasteiger partial charge is 0.477 e. The third-order valence-electron chi connectivity index (χ3n) is 5.27. The molecule has 1 aliphatic heterocycles. The molecule has 1 aromatic carbocycles. The number of fused-ring (bicyclic) bond motifs is 3. The lowest BCUT2D eigenvalue weighted by Crippen LogP contribution is -2.44. The van der Waals surface area contributed by atoms with Crippen LogP contribution in [-0.2, 0) is 16.1 Å². The minimum atomic E-state index is -1.39. The smallest absolute Gasteiger partial charge is 0.342 e. The van der Waals surface area contributed by atoms with Crippen LogP contribution in [0, 0.1) is 5.82 Å². The molecule has 1 N–H and O–H groups in total. The predicted octanol–water partition coefficient (Wildman–Crippen LogP) is 2.17. The van der Waals surface area contributed by atoms with Crippen molar-refractivity contribution in [1.82, 2.24) is 9.30 Å². The van der Waals surface area contributed by atoms with Crippen LogP contribution >= 0.6 is 11.3 Å². The lowest BCUT2D eigenvalue weighted by molar-refractivity contribution is -0.142. The number of likely N-dealkylation sites (N-methyl/N-ethyl adjacent to an activating group) is 1. The molecule has 0 spiro atoms. The standard InChI is InChI=1S/C20H20FN3O5S/c1-11(25)29-9-12-10-30-19-17(20(27)28)18(26)13-7-14(21)16(8-15(13)24(12)19)23-5-3-22(2)4-6-23/h7-8,10H,3-6,9H2,1-2H3,(H,27,28). The molecule has 0 atom stereocenters. The summed E-state index contributed by atoms with van der Waals surface area (Å²) in [4.78, 5) is 40.2. The van der Waals surface area contributed by atoms with Crippen molar-refractivity contribution in [2.75, 3.05) is 38.1 Å². The molecule has 0 bridgehead atoms. The molecule has 0 radical (unpaired) electrons. The average molecular weight is 433 g/mol. The van der Waals surface area contributed by atoms with E-state index < -0.39 is 28.7 Å². The number of piperazine rings is 1. The van der Waals surface area contributed by atoms with Gasteiger partial charge in [0, 0.05) is 38.5 Å². The molecular formula is C20H20FN3O5S. The number of hydrogen-bond donors (Lipinski definition) is 1. The number of benzene rings is 1. The van der Waals surface area contributed by atoms with Gasteiger partial charge in [-0.1, -0.05) is 0 Å². The van der Waals surface area contributed by atoms with E-state index in [2.05, 4.69) is 4.90 Å². The summed E-state index contributed by atoms with van der Waals surface area (Å²) in [5.74, 6) is -2.44. The first kappa shape index (κ1) is 20.3. The number of aromatic nitrogens is 1. The number of hydrogen-bond acceptors (Lipinski definition) is 7.